The molecule has 0 heterocycles. The Bertz CT molecular complexity index is 474. The van der Waals surface area contributed by atoms with Gasteiger partial charge in [0.1, 0.15) is 5.75 Å². The highest BCUT2D eigenvalue weighted by Gasteiger charge is 2.21. The molecule has 0 aliphatic rings. The molecule has 0 saturated carbocycles. The van der Waals surface area contributed by atoms with Crippen LogP contribution in [-0.4, -0.2) is 5.11 Å². The molecule has 0 aliphatic carbocycles. The fraction of sp³-hybridized carbons (Fsp3) is 0.200. The lowest BCUT2D eigenvalue weighted by molar-refractivity contribution is 0.472. The van der Waals surface area contributed by atoms with Crippen LogP contribution < -0.4 is 5.73 Å². The first kappa shape index (κ1) is 11.7. The monoisotopic (exact) mass is 227 g/mol. The number of phenols is 1. The summed E-state index contributed by atoms with van der Waals surface area (Å²) in [7, 11) is 0. The molecule has 2 aromatic rings. The quantitative estimate of drug-likeness (QED) is 0.847. The van der Waals surface area contributed by atoms with E-state index in [1.807, 2.05) is 49.4 Å². The summed E-state index contributed by atoms with van der Waals surface area (Å²) in [5, 5.41) is 9.24. The Hall–Kier alpha value is -1.80. The second-order valence-corrected chi connectivity index (χ2v) is 4.63. The Kier molecular flexibility index (Phi) is 3.16. The van der Waals surface area contributed by atoms with Gasteiger partial charge in [-0.05, 0) is 36.6 Å². The molecule has 0 radical (unpaired) electrons. The molecule has 0 saturated heterocycles. The van der Waals surface area contributed by atoms with Gasteiger partial charge < -0.3 is 10.8 Å². The van der Waals surface area contributed by atoms with Crippen LogP contribution in [0.5, 0.6) is 5.75 Å². The highest BCUT2D eigenvalue weighted by atomic mass is 16.3. The van der Waals surface area contributed by atoms with Crippen LogP contribution in [0.3, 0.4) is 0 Å². The number of hydrogen-bond donors (Lipinski definition) is 2. The normalized spacial score (nSPS) is 14.2. The fourth-order valence-electron chi connectivity index (χ4n) is 1.96. The second-order valence-electron chi connectivity index (χ2n) is 4.63. The standard InChI is InChI=1S/C15H17NO/c1-15(16,13-5-3-2-4-6-13)11-12-7-9-14(17)10-8-12/h2-10,17H,11,16H2,1H3. The van der Waals surface area contributed by atoms with Crippen LogP contribution >= 0.6 is 0 Å². The highest BCUT2D eigenvalue weighted by molar-refractivity contribution is 5.30. The second kappa shape index (κ2) is 4.60. The minimum Gasteiger partial charge on any atom is -0.508 e. The van der Waals surface area contributed by atoms with E-state index >= 15 is 0 Å². The third-order valence-electron chi connectivity index (χ3n) is 2.94. The van der Waals surface area contributed by atoms with Gasteiger partial charge in [0.05, 0.1) is 0 Å². The summed E-state index contributed by atoms with van der Waals surface area (Å²) < 4.78 is 0. The molecule has 2 rings (SSSR count). The number of aromatic hydroxyl groups is 1. The molecular formula is C15H17NO. The lowest BCUT2D eigenvalue weighted by atomic mass is 9.87. The van der Waals surface area contributed by atoms with Crippen molar-refractivity contribution in [1.29, 1.82) is 0 Å². The first-order valence-corrected chi connectivity index (χ1v) is 5.70. The minimum absolute atomic E-state index is 0.284. The van der Waals surface area contributed by atoms with E-state index in [4.69, 9.17) is 5.73 Å². The highest BCUT2D eigenvalue weighted by Crippen LogP contribution is 2.23. The van der Waals surface area contributed by atoms with E-state index in [2.05, 4.69) is 0 Å². The molecular weight excluding hydrogens is 210 g/mol. The lowest BCUT2D eigenvalue weighted by Crippen LogP contribution is -2.35. The van der Waals surface area contributed by atoms with Crippen LogP contribution in [0.25, 0.3) is 0 Å². The van der Waals surface area contributed by atoms with E-state index in [1.165, 1.54) is 0 Å². The van der Waals surface area contributed by atoms with Gasteiger partial charge in [-0.2, -0.15) is 0 Å². The van der Waals surface area contributed by atoms with Gasteiger partial charge in [0.2, 0.25) is 0 Å². The molecule has 0 spiro atoms. The molecule has 0 bridgehead atoms. The predicted octanol–water partition coefficient (Wildman–Crippen LogP) is 2.81. The van der Waals surface area contributed by atoms with Gasteiger partial charge in [0.15, 0.2) is 0 Å². The van der Waals surface area contributed by atoms with Crippen LogP contribution in [0.2, 0.25) is 0 Å². The number of nitrogens with two attached hydrogens (primary N) is 1. The Morgan fingerprint density at radius 3 is 2.18 bits per heavy atom. The van der Waals surface area contributed by atoms with Crippen molar-refractivity contribution in [3.05, 3.63) is 65.7 Å². The SMILES string of the molecule is CC(N)(Cc1ccc(O)cc1)c1ccccc1. The average molecular weight is 227 g/mol. The molecule has 0 fully saturated rings. The summed E-state index contributed by atoms with van der Waals surface area (Å²) in [4.78, 5) is 0. The number of benzene rings is 2. The Morgan fingerprint density at radius 1 is 1.00 bits per heavy atom. The first-order valence-electron chi connectivity index (χ1n) is 5.70. The Balaban J connectivity index is 2.20. The van der Waals surface area contributed by atoms with Gasteiger partial charge >= 0.3 is 0 Å². The van der Waals surface area contributed by atoms with E-state index in [-0.39, 0.29) is 5.75 Å². The van der Waals surface area contributed by atoms with Crippen LogP contribution in [0.1, 0.15) is 18.1 Å². The fourth-order valence-corrected chi connectivity index (χ4v) is 1.96. The molecule has 1 atom stereocenters. The Labute approximate surface area is 102 Å². The number of phenolic OH excluding ortho intramolecular Hbond substituents is 1. The van der Waals surface area contributed by atoms with Crippen molar-refractivity contribution in [2.24, 2.45) is 5.73 Å². The maximum atomic E-state index is 9.24. The molecule has 1 unspecified atom stereocenters. The third kappa shape index (κ3) is 2.86. The van der Waals surface area contributed by atoms with Crippen molar-refractivity contribution in [2.75, 3.05) is 0 Å². The largest absolute Gasteiger partial charge is 0.508 e. The molecule has 17 heavy (non-hydrogen) atoms. The zero-order valence-corrected chi connectivity index (χ0v) is 9.93. The first-order chi connectivity index (χ1) is 8.08. The minimum atomic E-state index is -0.391. The van der Waals surface area contributed by atoms with Crippen molar-refractivity contribution in [2.45, 2.75) is 18.9 Å². The predicted molar refractivity (Wildman–Crippen MR) is 69.8 cm³/mol. The van der Waals surface area contributed by atoms with E-state index in [0.29, 0.717) is 0 Å². The molecule has 2 heteroatoms. The molecule has 88 valence electrons. The number of rotatable bonds is 3. The van der Waals surface area contributed by atoms with Crippen LogP contribution in [0.15, 0.2) is 54.6 Å². The zero-order valence-electron chi connectivity index (χ0n) is 9.93. The molecule has 2 aromatic carbocycles. The van der Waals surface area contributed by atoms with Gasteiger partial charge in [-0.15, -0.1) is 0 Å². The molecule has 0 aromatic heterocycles. The summed E-state index contributed by atoms with van der Waals surface area (Å²) in [5.41, 5.74) is 8.20. The van der Waals surface area contributed by atoms with Gasteiger partial charge in [-0.3, -0.25) is 0 Å². The van der Waals surface area contributed by atoms with Crippen molar-refractivity contribution in [1.82, 2.24) is 0 Å². The summed E-state index contributed by atoms with van der Waals surface area (Å²) in [6.45, 7) is 2.02. The van der Waals surface area contributed by atoms with E-state index < -0.39 is 5.54 Å². The van der Waals surface area contributed by atoms with E-state index in [0.717, 1.165) is 17.5 Å². The van der Waals surface area contributed by atoms with Crippen LogP contribution in [0.4, 0.5) is 0 Å². The van der Waals surface area contributed by atoms with E-state index in [1.54, 1.807) is 12.1 Å². The van der Waals surface area contributed by atoms with Crippen molar-refractivity contribution in [3.8, 4) is 5.75 Å². The van der Waals surface area contributed by atoms with Crippen LogP contribution in [0, 0.1) is 0 Å². The Morgan fingerprint density at radius 2 is 1.59 bits per heavy atom. The summed E-state index contributed by atoms with van der Waals surface area (Å²) >= 11 is 0. The van der Waals surface area contributed by atoms with Gasteiger partial charge in [0, 0.05) is 5.54 Å². The molecule has 2 nitrogen and oxygen atoms in total. The van der Waals surface area contributed by atoms with Gasteiger partial charge in [0.25, 0.3) is 0 Å². The van der Waals surface area contributed by atoms with Crippen LogP contribution in [-0.2, 0) is 12.0 Å². The van der Waals surface area contributed by atoms with Gasteiger partial charge in [-0.1, -0.05) is 42.5 Å². The third-order valence-corrected chi connectivity index (χ3v) is 2.94. The number of hydrogen-bond acceptors (Lipinski definition) is 2. The van der Waals surface area contributed by atoms with Crippen molar-refractivity contribution >= 4 is 0 Å². The van der Waals surface area contributed by atoms with Crippen molar-refractivity contribution < 1.29 is 5.11 Å². The maximum Gasteiger partial charge on any atom is 0.115 e. The zero-order chi connectivity index (χ0) is 12.3. The molecule has 0 aliphatic heterocycles. The molecule has 3 N–H and O–H groups in total. The summed E-state index contributed by atoms with van der Waals surface area (Å²) in [5.74, 6) is 0.284. The smallest absolute Gasteiger partial charge is 0.115 e. The summed E-state index contributed by atoms with van der Waals surface area (Å²) in [6.07, 6.45) is 0.747. The maximum absolute atomic E-state index is 9.24. The topological polar surface area (TPSA) is 46.2 Å². The lowest BCUT2D eigenvalue weighted by Gasteiger charge is -2.25. The van der Waals surface area contributed by atoms with Gasteiger partial charge in [-0.25, -0.2) is 0 Å². The molecule has 0 amide bonds. The average Bonchev–Trinajstić information content (AvgIpc) is 2.33. The van der Waals surface area contributed by atoms with E-state index in [9.17, 15) is 5.11 Å². The summed E-state index contributed by atoms with van der Waals surface area (Å²) in [6, 6.07) is 17.3. The van der Waals surface area contributed by atoms with Crippen molar-refractivity contribution in [3.63, 3.8) is 0 Å².